The molecule has 37 heavy (non-hydrogen) atoms. The summed E-state index contributed by atoms with van der Waals surface area (Å²) < 4.78 is 7.84. The van der Waals surface area contributed by atoms with E-state index in [1.54, 1.807) is 42.9 Å². The zero-order valence-corrected chi connectivity index (χ0v) is 22.2. The quantitative estimate of drug-likeness (QED) is 0.400. The number of halogens is 1. The van der Waals surface area contributed by atoms with E-state index in [4.69, 9.17) is 16.3 Å². The van der Waals surface area contributed by atoms with Crippen LogP contribution in [0.5, 0.6) is 5.75 Å². The van der Waals surface area contributed by atoms with Gasteiger partial charge < -0.3 is 14.9 Å². The first-order valence-corrected chi connectivity index (χ1v) is 12.2. The Hall–Kier alpha value is -3.84. The highest BCUT2D eigenvalue weighted by molar-refractivity contribution is 6.30. The Labute approximate surface area is 220 Å². The molecule has 192 valence electrons. The molecule has 0 saturated carbocycles. The van der Waals surface area contributed by atoms with E-state index in [9.17, 15) is 19.8 Å². The molecular formula is C29H29ClN2O5. The number of carboxylic acid groups (broad SMARTS) is 2. The van der Waals surface area contributed by atoms with Crippen LogP contribution in [0.1, 0.15) is 41.2 Å². The number of allylic oxidation sites excluding steroid dienone is 2. The van der Waals surface area contributed by atoms with Crippen LogP contribution >= 0.6 is 11.6 Å². The van der Waals surface area contributed by atoms with Gasteiger partial charge in [-0.25, -0.2) is 4.79 Å². The van der Waals surface area contributed by atoms with Crippen molar-refractivity contribution in [3.05, 3.63) is 92.7 Å². The highest BCUT2D eigenvalue weighted by atomic mass is 35.5. The zero-order chi connectivity index (χ0) is 27.1. The van der Waals surface area contributed by atoms with Crippen molar-refractivity contribution in [2.75, 3.05) is 0 Å². The molecule has 7 nitrogen and oxygen atoms in total. The topological polar surface area (TPSA) is 102 Å². The molecule has 0 radical (unpaired) electrons. The van der Waals surface area contributed by atoms with Gasteiger partial charge in [0.05, 0.1) is 5.69 Å². The smallest absolute Gasteiger partial charge is 0.331 e. The van der Waals surface area contributed by atoms with Crippen LogP contribution in [0.3, 0.4) is 0 Å². The lowest BCUT2D eigenvalue weighted by atomic mass is 9.69. The van der Waals surface area contributed by atoms with Gasteiger partial charge in [-0.1, -0.05) is 42.0 Å². The lowest BCUT2D eigenvalue weighted by molar-refractivity contribution is -0.142. The SMILES string of the molecule is CC1=C(C(=O)O)CC(C(=O)O)(c2cccc(C)c2COc2ccc(-c3nn(C)c(Cl)c3C)cc2C)C=C1. The highest BCUT2D eigenvalue weighted by Crippen LogP contribution is 2.41. The van der Waals surface area contributed by atoms with E-state index in [0.717, 1.165) is 33.5 Å². The predicted molar refractivity (Wildman–Crippen MR) is 142 cm³/mol. The van der Waals surface area contributed by atoms with Gasteiger partial charge in [0.1, 0.15) is 22.9 Å². The Kier molecular flexibility index (Phi) is 7.02. The maximum atomic E-state index is 12.6. The van der Waals surface area contributed by atoms with Crippen molar-refractivity contribution in [2.45, 2.75) is 46.1 Å². The van der Waals surface area contributed by atoms with Gasteiger partial charge in [-0.2, -0.15) is 5.10 Å². The third kappa shape index (κ3) is 4.67. The van der Waals surface area contributed by atoms with Gasteiger partial charge >= 0.3 is 11.9 Å². The molecule has 1 aliphatic rings. The van der Waals surface area contributed by atoms with Crippen molar-refractivity contribution < 1.29 is 24.5 Å². The van der Waals surface area contributed by atoms with Gasteiger partial charge in [-0.3, -0.25) is 9.48 Å². The molecule has 1 unspecified atom stereocenters. The van der Waals surface area contributed by atoms with Crippen LogP contribution in [-0.4, -0.2) is 31.9 Å². The molecule has 4 rings (SSSR count). The van der Waals surface area contributed by atoms with Gasteiger partial charge in [0.2, 0.25) is 0 Å². The van der Waals surface area contributed by atoms with Crippen molar-refractivity contribution in [1.29, 1.82) is 0 Å². The second-order valence-electron chi connectivity index (χ2n) is 9.51. The van der Waals surface area contributed by atoms with Gasteiger partial charge in [0.25, 0.3) is 0 Å². The Morgan fingerprint density at radius 1 is 1.11 bits per heavy atom. The van der Waals surface area contributed by atoms with Gasteiger partial charge in [-0.05, 0) is 73.7 Å². The minimum Gasteiger partial charge on any atom is -0.489 e. The third-order valence-electron chi connectivity index (χ3n) is 7.10. The molecule has 2 aromatic carbocycles. The number of hydrogen-bond acceptors (Lipinski definition) is 4. The molecule has 8 heteroatoms. The lowest BCUT2D eigenvalue weighted by Gasteiger charge is -2.32. The fourth-order valence-electron chi connectivity index (χ4n) is 4.84. The first kappa shape index (κ1) is 26.2. The number of aliphatic carboxylic acids is 2. The van der Waals surface area contributed by atoms with Gasteiger partial charge in [0.15, 0.2) is 0 Å². The molecule has 2 N–H and O–H groups in total. The highest BCUT2D eigenvalue weighted by Gasteiger charge is 2.43. The van der Waals surface area contributed by atoms with Crippen LogP contribution in [0.15, 0.2) is 59.7 Å². The van der Waals surface area contributed by atoms with Crippen LogP contribution in [0.2, 0.25) is 5.15 Å². The van der Waals surface area contributed by atoms with Crippen LogP contribution < -0.4 is 4.74 Å². The molecule has 0 aliphatic heterocycles. The van der Waals surface area contributed by atoms with Crippen LogP contribution in [-0.2, 0) is 28.7 Å². The maximum absolute atomic E-state index is 12.6. The Bertz CT molecular complexity index is 1480. The molecule has 0 amide bonds. The Balaban J connectivity index is 1.68. The molecule has 1 aliphatic carbocycles. The van der Waals surface area contributed by atoms with E-state index >= 15 is 0 Å². The molecule has 1 heterocycles. The molecule has 1 atom stereocenters. The number of ether oxygens (including phenoxy) is 1. The minimum atomic E-state index is -1.51. The third-order valence-corrected chi connectivity index (χ3v) is 7.63. The van der Waals surface area contributed by atoms with Gasteiger partial charge in [0, 0.05) is 30.2 Å². The van der Waals surface area contributed by atoms with E-state index in [2.05, 4.69) is 5.10 Å². The first-order valence-electron chi connectivity index (χ1n) is 11.8. The van der Waals surface area contributed by atoms with Gasteiger partial charge in [-0.15, -0.1) is 0 Å². The number of carbonyl (C=O) groups is 2. The summed E-state index contributed by atoms with van der Waals surface area (Å²) in [7, 11) is 1.80. The summed E-state index contributed by atoms with van der Waals surface area (Å²) in [6.45, 7) is 7.57. The largest absolute Gasteiger partial charge is 0.489 e. The summed E-state index contributed by atoms with van der Waals surface area (Å²) in [5, 5.41) is 25.1. The summed E-state index contributed by atoms with van der Waals surface area (Å²) in [5.74, 6) is -1.56. The first-order chi connectivity index (χ1) is 17.5. The number of aryl methyl sites for hydroxylation is 3. The summed E-state index contributed by atoms with van der Waals surface area (Å²) >= 11 is 6.29. The van der Waals surface area contributed by atoms with Crippen LogP contribution in [0.25, 0.3) is 11.3 Å². The van der Waals surface area contributed by atoms with E-state index in [0.29, 0.717) is 22.0 Å². The maximum Gasteiger partial charge on any atom is 0.331 e. The molecule has 0 fully saturated rings. The van der Waals surface area contributed by atoms with Crippen molar-refractivity contribution >= 4 is 23.5 Å². The van der Waals surface area contributed by atoms with E-state index < -0.39 is 17.4 Å². The van der Waals surface area contributed by atoms with Crippen molar-refractivity contribution in [1.82, 2.24) is 9.78 Å². The molecule has 0 bridgehead atoms. The van der Waals surface area contributed by atoms with Crippen molar-refractivity contribution in [2.24, 2.45) is 7.05 Å². The van der Waals surface area contributed by atoms with Crippen LogP contribution in [0, 0.1) is 20.8 Å². The second-order valence-corrected chi connectivity index (χ2v) is 9.87. The fourth-order valence-corrected chi connectivity index (χ4v) is 4.97. The fraction of sp³-hybridized carbons (Fsp3) is 0.276. The zero-order valence-electron chi connectivity index (χ0n) is 21.4. The lowest BCUT2D eigenvalue weighted by Crippen LogP contribution is -2.38. The average Bonchev–Trinajstić information content (AvgIpc) is 3.11. The standard InChI is InChI=1S/C29H29ClN2O5/c1-16-7-6-8-23(29(28(35)36)12-11-17(2)21(14-29)27(33)34)22(16)15-37-24-10-9-20(13-18(24)3)25-19(4)26(30)32(5)31-25/h6-13H,14-15H2,1-5H3,(H,33,34)(H,35,36). The number of nitrogens with zero attached hydrogens (tertiary/aromatic N) is 2. The summed E-state index contributed by atoms with van der Waals surface area (Å²) in [6, 6.07) is 11.2. The van der Waals surface area contributed by atoms with Crippen molar-refractivity contribution in [3.8, 4) is 17.0 Å². The Morgan fingerprint density at radius 2 is 1.84 bits per heavy atom. The number of aromatic nitrogens is 2. The molecular weight excluding hydrogens is 492 g/mol. The second kappa shape index (κ2) is 9.90. The van der Waals surface area contributed by atoms with Crippen LogP contribution in [0.4, 0.5) is 0 Å². The average molecular weight is 521 g/mol. The monoisotopic (exact) mass is 520 g/mol. The number of hydrogen-bond donors (Lipinski definition) is 2. The normalized spacial score (nSPS) is 17.2. The number of benzene rings is 2. The number of carboxylic acids is 2. The van der Waals surface area contributed by atoms with E-state index in [-0.39, 0.29) is 18.6 Å². The van der Waals surface area contributed by atoms with Crippen molar-refractivity contribution in [3.63, 3.8) is 0 Å². The molecule has 1 aromatic heterocycles. The minimum absolute atomic E-state index is 0.0922. The summed E-state index contributed by atoms with van der Waals surface area (Å²) in [6.07, 6.45) is 3.04. The summed E-state index contributed by atoms with van der Waals surface area (Å²) in [4.78, 5) is 24.5. The molecule has 3 aromatic rings. The van der Waals surface area contributed by atoms with E-state index in [1.807, 2.05) is 45.0 Å². The molecule has 0 saturated heterocycles. The molecule has 0 spiro atoms. The summed E-state index contributed by atoms with van der Waals surface area (Å²) in [5.41, 5.74) is 4.75. The number of rotatable bonds is 7. The predicted octanol–water partition coefficient (Wildman–Crippen LogP) is 5.93. The Morgan fingerprint density at radius 3 is 2.43 bits per heavy atom. The van der Waals surface area contributed by atoms with E-state index in [1.165, 1.54) is 0 Å².